The molecular formula is C16H32N2. The Morgan fingerprint density at radius 2 is 1.67 bits per heavy atom. The van der Waals surface area contributed by atoms with Crippen molar-refractivity contribution in [3.05, 3.63) is 0 Å². The van der Waals surface area contributed by atoms with E-state index < -0.39 is 0 Å². The maximum atomic E-state index is 5.94. The molecule has 2 fully saturated rings. The van der Waals surface area contributed by atoms with E-state index in [0.717, 1.165) is 24.3 Å². The van der Waals surface area contributed by atoms with Gasteiger partial charge in [0.05, 0.1) is 0 Å². The molecule has 0 amide bonds. The SMILES string of the molecule is CCCC1CCN(CC2CCCCC2CN)CC1. The Hall–Kier alpha value is -0.0800. The normalized spacial score (nSPS) is 31.7. The van der Waals surface area contributed by atoms with Gasteiger partial charge >= 0.3 is 0 Å². The lowest BCUT2D eigenvalue weighted by Gasteiger charge is -2.38. The van der Waals surface area contributed by atoms with Crippen molar-refractivity contribution in [3.8, 4) is 0 Å². The monoisotopic (exact) mass is 252 g/mol. The first-order valence-electron chi connectivity index (χ1n) is 8.26. The predicted octanol–water partition coefficient (Wildman–Crippen LogP) is 3.26. The van der Waals surface area contributed by atoms with Crippen LogP contribution in [0.5, 0.6) is 0 Å². The van der Waals surface area contributed by atoms with Gasteiger partial charge in [0.1, 0.15) is 0 Å². The summed E-state index contributed by atoms with van der Waals surface area (Å²) in [5.41, 5.74) is 5.94. The van der Waals surface area contributed by atoms with Crippen molar-refractivity contribution in [1.82, 2.24) is 4.90 Å². The van der Waals surface area contributed by atoms with E-state index >= 15 is 0 Å². The molecule has 2 nitrogen and oxygen atoms in total. The molecule has 0 aromatic rings. The van der Waals surface area contributed by atoms with Crippen LogP contribution in [-0.4, -0.2) is 31.1 Å². The highest BCUT2D eigenvalue weighted by Gasteiger charge is 2.27. The first-order chi connectivity index (χ1) is 8.83. The molecule has 1 heterocycles. The van der Waals surface area contributed by atoms with E-state index in [4.69, 9.17) is 5.73 Å². The molecule has 0 aromatic heterocycles. The molecule has 106 valence electrons. The summed E-state index contributed by atoms with van der Waals surface area (Å²) < 4.78 is 0. The van der Waals surface area contributed by atoms with E-state index in [1.807, 2.05) is 0 Å². The van der Waals surface area contributed by atoms with Gasteiger partial charge < -0.3 is 10.6 Å². The Labute approximate surface area is 113 Å². The molecule has 1 aliphatic carbocycles. The summed E-state index contributed by atoms with van der Waals surface area (Å²) in [5.74, 6) is 2.72. The minimum atomic E-state index is 0.812. The number of likely N-dealkylation sites (tertiary alicyclic amines) is 1. The van der Waals surface area contributed by atoms with Crippen LogP contribution >= 0.6 is 0 Å². The molecule has 1 saturated heterocycles. The van der Waals surface area contributed by atoms with E-state index in [2.05, 4.69) is 11.8 Å². The van der Waals surface area contributed by atoms with Crippen LogP contribution in [0.25, 0.3) is 0 Å². The second kappa shape index (κ2) is 7.49. The third-order valence-electron chi connectivity index (χ3n) is 5.27. The average molecular weight is 252 g/mol. The standard InChI is InChI=1S/C16H32N2/c1-2-5-14-8-10-18(11-9-14)13-16-7-4-3-6-15(16)12-17/h14-16H,2-13,17H2,1H3. The van der Waals surface area contributed by atoms with Crippen molar-refractivity contribution in [1.29, 1.82) is 0 Å². The first kappa shape index (κ1) is 14.3. The second-order valence-electron chi connectivity index (χ2n) is 6.57. The van der Waals surface area contributed by atoms with E-state index in [1.54, 1.807) is 0 Å². The third kappa shape index (κ3) is 3.96. The Balaban J connectivity index is 1.73. The summed E-state index contributed by atoms with van der Waals surface area (Å²) >= 11 is 0. The summed E-state index contributed by atoms with van der Waals surface area (Å²) in [6.07, 6.45) is 11.3. The summed E-state index contributed by atoms with van der Waals surface area (Å²) in [4.78, 5) is 2.73. The number of nitrogens with zero attached hydrogens (tertiary/aromatic N) is 1. The first-order valence-corrected chi connectivity index (χ1v) is 8.26. The van der Waals surface area contributed by atoms with Gasteiger partial charge in [0.15, 0.2) is 0 Å². The zero-order valence-corrected chi connectivity index (χ0v) is 12.2. The Kier molecular flexibility index (Phi) is 5.97. The van der Waals surface area contributed by atoms with Crippen molar-refractivity contribution in [2.75, 3.05) is 26.2 Å². The molecule has 1 aliphatic heterocycles. The fraction of sp³-hybridized carbons (Fsp3) is 1.00. The molecule has 2 atom stereocenters. The zero-order chi connectivity index (χ0) is 12.8. The molecule has 0 radical (unpaired) electrons. The summed E-state index contributed by atoms with van der Waals surface area (Å²) in [6.45, 7) is 7.26. The molecule has 2 unspecified atom stereocenters. The lowest BCUT2D eigenvalue weighted by molar-refractivity contribution is 0.116. The number of hydrogen-bond acceptors (Lipinski definition) is 2. The molecule has 0 spiro atoms. The van der Waals surface area contributed by atoms with Gasteiger partial charge in [0, 0.05) is 6.54 Å². The maximum Gasteiger partial charge on any atom is 0.00128 e. The maximum absolute atomic E-state index is 5.94. The molecule has 2 aliphatic rings. The van der Waals surface area contributed by atoms with Gasteiger partial charge in [0.25, 0.3) is 0 Å². The lowest BCUT2D eigenvalue weighted by Crippen LogP contribution is -2.41. The van der Waals surface area contributed by atoms with E-state index in [0.29, 0.717) is 0 Å². The van der Waals surface area contributed by atoms with Crippen LogP contribution in [0, 0.1) is 17.8 Å². The van der Waals surface area contributed by atoms with Crippen LogP contribution < -0.4 is 5.73 Å². The smallest absolute Gasteiger partial charge is 0.00128 e. The van der Waals surface area contributed by atoms with Crippen LogP contribution in [0.3, 0.4) is 0 Å². The van der Waals surface area contributed by atoms with Crippen molar-refractivity contribution >= 4 is 0 Å². The van der Waals surface area contributed by atoms with Gasteiger partial charge in [0.2, 0.25) is 0 Å². The minimum absolute atomic E-state index is 0.812. The van der Waals surface area contributed by atoms with Gasteiger partial charge in [-0.05, 0) is 63.1 Å². The van der Waals surface area contributed by atoms with E-state index in [9.17, 15) is 0 Å². The fourth-order valence-corrected chi connectivity index (χ4v) is 4.03. The summed E-state index contributed by atoms with van der Waals surface area (Å²) in [7, 11) is 0. The largest absolute Gasteiger partial charge is 0.330 e. The topological polar surface area (TPSA) is 29.3 Å². The molecule has 2 N–H and O–H groups in total. The number of nitrogens with two attached hydrogens (primary N) is 1. The molecule has 2 rings (SSSR count). The highest BCUT2D eigenvalue weighted by atomic mass is 15.1. The number of rotatable bonds is 5. The Bertz CT molecular complexity index is 221. The van der Waals surface area contributed by atoms with Gasteiger partial charge in [-0.3, -0.25) is 0 Å². The lowest BCUT2D eigenvalue weighted by atomic mass is 9.78. The van der Waals surface area contributed by atoms with Crippen LogP contribution in [-0.2, 0) is 0 Å². The Morgan fingerprint density at radius 3 is 2.28 bits per heavy atom. The molecular weight excluding hydrogens is 220 g/mol. The average Bonchev–Trinajstić information content (AvgIpc) is 2.42. The van der Waals surface area contributed by atoms with E-state index in [1.165, 1.54) is 71.0 Å². The summed E-state index contributed by atoms with van der Waals surface area (Å²) in [6, 6.07) is 0. The summed E-state index contributed by atoms with van der Waals surface area (Å²) in [5, 5.41) is 0. The minimum Gasteiger partial charge on any atom is -0.330 e. The quantitative estimate of drug-likeness (QED) is 0.814. The van der Waals surface area contributed by atoms with Crippen molar-refractivity contribution in [2.24, 2.45) is 23.5 Å². The van der Waals surface area contributed by atoms with Crippen molar-refractivity contribution in [3.63, 3.8) is 0 Å². The van der Waals surface area contributed by atoms with Gasteiger partial charge in [-0.25, -0.2) is 0 Å². The van der Waals surface area contributed by atoms with Crippen LogP contribution in [0.1, 0.15) is 58.3 Å². The van der Waals surface area contributed by atoms with Crippen LogP contribution in [0.4, 0.5) is 0 Å². The number of piperidine rings is 1. The molecule has 0 aromatic carbocycles. The van der Waals surface area contributed by atoms with Crippen molar-refractivity contribution in [2.45, 2.75) is 58.3 Å². The Morgan fingerprint density at radius 1 is 1.00 bits per heavy atom. The highest BCUT2D eigenvalue weighted by Crippen LogP contribution is 2.31. The fourth-order valence-electron chi connectivity index (χ4n) is 4.03. The predicted molar refractivity (Wildman–Crippen MR) is 78.6 cm³/mol. The van der Waals surface area contributed by atoms with Crippen molar-refractivity contribution < 1.29 is 0 Å². The third-order valence-corrected chi connectivity index (χ3v) is 5.27. The highest BCUT2D eigenvalue weighted by molar-refractivity contribution is 4.81. The van der Waals surface area contributed by atoms with Gasteiger partial charge in [-0.2, -0.15) is 0 Å². The second-order valence-corrected chi connectivity index (χ2v) is 6.57. The van der Waals surface area contributed by atoms with E-state index in [-0.39, 0.29) is 0 Å². The molecule has 1 saturated carbocycles. The van der Waals surface area contributed by atoms with Gasteiger partial charge in [-0.15, -0.1) is 0 Å². The van der Waals surface area contributed by atoms with Gasteiger partial charge in [-0.1, -0.05) is 32.6 Å². The zero-order valence-electron chi connectivity index (χ0n) is 12.2. The molecule has 18 heavy (non-hydrogen) atoms. The molecule has 2 heteroatoms. The van der Waals surface area contributed by atoms with Crippen LogP contribution in [0.2, 0.25) is 0 Å². The van der Waals surface area contributed by atoms with Crippen LogP contribution in [0.15, 0.2) is 0 Å². The molecule has 0 bridgehead atoms. The number of hydrogen-bond donors (Lipinski definition) is 1.